The van der Waals surface area contributed by atoms with Gasteiger partial charge in [0.2, 0.25) is 11.8 Å². The zero-order chi connectivity index (χ0) is 21.1. The van der Waals surface area contributed by atoms with E-state index in [2.05, 4.69) is 46.3 Å². The number of aryl methyl sites for hydroxylation is 1. The van der Waals surface area contributed by atoms with Crippen LogP contribution in [-0.4, -0.2) is 60.4 Å². The Balaban J connectivity index is 1.37. The van der Waals surface area contributed by atoms with Crippen molar-refractivity contribution in [2.24, 2.45) is 0 Å². The van der Waals surface area contributed by atoms with Crippen molar-refractivity contribution >= 4 is 23.2 Å². The summed E-state index contributed by atoms with van der Waals surface area (Å²) in [6.07, 6.45) is 0.310. The summed E-state index contributed by atoms with van der Waals surface area (Å²) in [5.74, 6) is 0.00796. The smallest absolute Gasteiger partial charge is 0.241 e. The first-order valence-electron chi connectivity index (χ1n) is 10.7. The number of hydrogen-bond donors (Lipinski definition) is 1. The van der Waals surface area contributed by atoms with Crippen molar-refractivity contribution in [3.8, 4) is 0 Å². The van der Waals surface area contributed by atoms with Gasteiger partial charge >= 0.3 is 0 Å². The van der Waals surface area contributed by atoms with E-state index in [1.807, 2.05) is 31.2 Å². The highest BCUT2D eigenvalue weighted by Gasteiger charge is 2.31. The summed E-state index contributed by atoms with van der Waals surface area (Å²) in [5, 5.41) is 2.92. The minimum absolute atomic E-state index is 0.0463. The fraction of sp³-hybridized carbons (Fsp3) is 0.417. The molecule has 2 aromatic rings. The van der Waals surface area contributed by atoms with Gasteiger partial charge in [0.25, 0.3) is 0 Å². The molecule has 30 heavy (non-hydrogen) atoms. The molecule has 0 radical (unpaired) electrons. The molecule has 158 valence electrons. The standard InChI is InChI=1S/C24H30N4O2/c1-18-6-5-7-20(14-18)16-26-10-12-27(13-11-26)17-24(30)28-19(2)15-23(29)25-21-8-3-4-9-22(21)28/h3-9,14,19H,10-13,15-17H2,1-2H3,(H,25,29)/t19-/m1/s1. The van der Waals surface area contributed by atoms with E-state index in [-0.39, 0.29) is 17.9 Å². The lowest BCUT2D eigenvalue weighted by Gasteiger charge is -2.36. The number of nitrogens with zero attached hydrogens (tertiary/aromatic N) is 3. The first-order chi connectivity index (χ1) is 14.5. The molecule has 0 saturated carbocycles. The molecule has 2 aromatic carbocycles. The number of amides is 2. The number of nitrogens with one attached hydrogen (secondary N) is 1. The molecule has 1 N–H and O–H groups in total. The van der Waals surface area contributed by atoms with Crippen LogP contribution in [0.4, 0.5) is 11.4 Å². The van der Waals surface area contributed by atoms with Crippen molar-refractivity contribution < 1.29 is 9.59 Å². The van der Waals surface area contributed by atoms with Gasteiger partial charge in [-0.2, -0.15) is 0 Å². The van der Waals surface area contributed by atoms with Gasteiger partial charge in [0, 0.05) is 45.2 Å². The normalized spacial score (nSPS) is 20.4. The minimum atomic E-state index is -0.163. The zero-order valence-corrected chi connectivity index (χ0v) is 17.8. The quantitative estimate of drug-likeness (QED) is 0.848. The minimum Gasteiger partial charge on any atom is -0.324 e. The number of rotatable bonds is 4. The molecule has 0 aromatic heterocycles. The van der Waals surface area contributed by atoms with Gasteiger partial charge in [-0.15, -0.1) is 0 Å². The lowest BCUT2D eigenvalue weighted by molar-refractivity contribution is -0.120. The number of carbonyl (C=O) groups excluding carboxylic acids is 2. The van der Waals surface area contributed by atoms with Gasteiger partial charge in [-0.1, -0.05) is 42.0 Å². The second-order valence-electron chi connectivity index (χ2n) is 8.42. The van der Waals surface area contributed by atoms with E-state index < -0.39 is 0 Å². The Labute approximate surface area is 178 Å². The predicted molar refractivity (Wildman–Crippen MR) is 120 cm³/mol. The number of hydrogen-bond acceptors (Lipinski definition) is 4. The maximum absolute atomic E-state index is 13.2. The van der Waals surface area contributed by atoms with E-state index in [0.717, 1.165) is 38.4 Å². The van der Waals surface area contributed by atoms with Crippen LogP contribution in [0.15, 0.2) is 48.5 Å². The molecule has 6 nitrogen and oxygen atoms in total. The Morgan fingerprint density at radius 1 is 1.03 bits per heavy atom. The summed E-state index contributed by atoms with van der Waals surface area (Å²) >= 11 is 0. The molecule has 2 aliphatic heterocycles. The Bertz CT molecular complexity index is 921. The largest absolute Gasteiger partial charge is 0.324 e. The molecule has 0 aliphatic carbocycles. The molecular formula is C24H30N4O2. The topological polar surface area (TPSA) is 55.9 Å². The molecule has 1 saturated heterocycles. The predicted octanol–water partition coefficient (Wildman–Crippen LogP) is 2.88. The van der Waals surface area contributed by atoms with E-state index in [1.165, 1.54) is 11.1 Å². The number of fused-ring (bicyclic) bond motifs is 1. The van der Waals surface area contributed by atoms with Crippen LogP contribution >= 0.6 is 0 Å². The molecule has 0 spiro atoms. The lowest BCUT2D eigenvalue weighted by atomic mass is 10.1. The van der Waals surface area contributed by atoms with Gasteiger partial charge in [0.15, 0.2) is 0 Å². The van der Waals surface area contributed by atoms with Gasteiger partial charge < -0.3 is 10.2 Å². The molecule has 6 heteroatoms. The molecule has 4 rings (SSSR count). The van der Waals surface area contributed by atoms with Crippen LogP contribution in [0.5, 0.6) is 0 Å². The maximum atomic E-state index is 13.2. The molecule has 1 atom stereocenters. The molecule has 2 heterocycles. The van der Waals surface area contributed by atoms with Crippen LogP contribution in [0.1, 0.15) is 24.5 Å². The van der Waals surface area contributed by atoms with Gasteiger partial charge in [-0.05, 0) is 31.5 Å². The highest BCUT2D eigenvalue weighted by Crippen LogP contribution is 2.31. The van der Waals surface area contributed by atoms with Crippen molar-refractivity contribution in [1.29, 1.82) is 0 Å². The summed E-state index contributed by atoms with van der Waals surface area (Å²) in [6.45, 7) is 9.05. The SMILES string of the molecule is Cc1cccc(CN2CCN(CC(=O)N3c4ccccc4NC(=O)C[C@H]3C)CC2)c1. The number of piperazine rings is 1. The second-order valence-corrected chi connectivity index (χ2v) is 8.42. The number of carbonyl (C=O) groups is 2. The average molecular weight is 407 g/mol. The van der Waals surface area contributed by atoms with E-state index in [9.17, 15) is 9.59 Å². The lowest BCUT2D eigenvalue weighted by Crippen LogP contribution is -2.51. The van der Waals surface area contributed by atoms with Crippen molar-refractivity contribution in [1.82, 2.24) is 9.80 Å². The average Bonchev–Trinajstić information content (AvgIpc) is 2.83. The Morgan fingerprint density at radius 2 is 1.77 bits per heavy atom. The summed E-state index contributed by atoms with van der Waals surface area (Å²) in [5.41, 5.74) is 4.13. The van der Waals surface area contributed by atoms with E-state index >= 15 is 0 Å². The Kier molecular flexibility index (Phi) is 6.16. The van der Waals surface area contributed by atoms with Crippen LogP contribution in [0.2, 0.25) is 0 Å². The molecule has 0 unspecified atom stereocenters. The van der Waals surface area contributed by atoms with Gasteiger partial charge in [0.05, 0.1) is 17.9 Å². The first-order valence-corrected chi connectivity index (χ1v) is 10.7. The summed E-state index contributed by atoms with van der Waals surface area (Å²) < 4.78 is 0. The van der Waals surface area contributed by atoms with E-state index in [1.54, 1.807) is 4.90 Å². The van der Waals surface area contributed by atoms with Gasteiger partial charge in [-0.25, -0.2) is 0 Å². The number of para-hydroxylation sites is 2. The van der Waals surface area contributed by atoms with Gasteiger partial charge in [0.1, 0.15) is 0 Å². The fourth-order valence-corrected chi connectivity index (χ4v) is 4.41. The third kappa shape index (κ3) is 4.71. The van der Waals surface area contributed by atoms with Crippen LogP contribution in [-0.2, 0) is 16.1 Å². The molecule has 2 aliphatic rings. The number of benzene rings is 2. The molecule has 2 amide bonds. The van der Waals surface area contributed by atoms with Crippen LogP contribution in [0.25, 0.3) is 0 Å². The second kappa shape index (κ2) is 8.98. The number of anilines is 2. The maximum Gasteiger partial charge on any atom is 0.241 e. The zero-order valence-electron chi connectivity index (χ0n) is 17.8. The fourth-order valence-electron chi connectivity index (χ4n) is 4.41. The highest BCUT2D eigenvalue weighted by atomic mass is 16.2. The van der Waals surface area contributed by atoms with Crippen molar-refractivity contribution in [2.45, 2.75) is 32.9 Å². The molecular weight excluding hydrogens is 376 g/mol. The summed E-state index contributed by atoms with van der Waals surface area (Å²) in [4.78, 5) is 31.9. The van der Waals surface area contributed by atoms with Crippen LogP contribution in [0, 0.1) is 6.92 Å². The van der Waals surface area contributed by atoms with Crippen LogP contribution in [0.3, 0.4) is 0 Å². The Morgan fingerprint density at radius 3 is 2.53 bits per heavy atom. The van der Waals surface area contributed by atoms with Crippen LogP contribution < -0.4 is 10.2 Å². The van der Waals surface area contributed by atoms with Crippen molar-refractivity contribution in [2.75, 3.05) is 42.9 Å². The first kappa shape index (κ1) is 20.6. The third-order valence-electron chi connectivity index (χ3n) is 5.94. The van der Waals surface area contributed by atoms with Crippen molar-refractivity contribution in [3.05, 3.63) is 59.7 Å². The summed E-state index contributed by atoms with van der Waals surface area (Å²) in [7, 11) is 0. The summed E-state index contributed by atoms with van der Waals surface area (Å²) in [6, 6.07) is 16.0. The van der Waals surface area contributed by atoms with Crippen molar-refractivity contribution in [3.63, 3.8) is 0 Å². The molecule has 0 bridgehead atoms. The molecule has 1 fully saturated rings. The Hall–Kier alpha value is -2.70. The van der Waals surface area contributed by atoms with E-state index in [0.29, 0.717) is 18.7 Å². The monoisotopic (exact) mass is 406 g/mol. The highest BCUT2D eigenvalue weighted by molar-refractivity contribution is 6.04. The third-order valence-corrected chi connectivity index (χ3v) is 5.94. The van der Waals surface area contributed by atoms with Gasteiger partial charge in [-0.3, -0.25) is 19.4 Å². The van der Waals surface area contributed by atoms with E-state index in [4.69, 9.17) is 0 Å².